The van der Waals surface area contributed by atoms with E-state index in [4.69, 9.17) is 5.73 Å². The summed E-state index contributed by atoms with van der Waals surface area (Å²) in [5.74, 6) is 1.27. The fourth-order valence-electron chi connectivity index (χ4n) is 3.79. The van der Waals surface area contributed by atoms with Gasteiger partial charge in [0.25, 0.3) is 0 Å². The topological polar surface area (TPSA) is 77.1 Å². The summed E-state index contributed by atoms with van der Waals surface area (Å²) in [6.07, 6.45) is 6.32. The van der Waals surface area contributed by atoms with Crippen LogP contribution in [-0.2, 0) is 23.1 Å². The molecule has 2 aliphatic carbocycles. The number of sulfonamides is 1. The van der Waals surface area contributed by atoms with Crippen LogP contribution in [0.25, 0.3) is 0 Å². The first-order valence-electron chi connectivity index (χ1n) is 7.45. The van der Waals surface area contributed by atoms with Gasteiger partial charge < -0.3 is 10.3 Å². The number of hydrogen-bond acceptors (Lipinski definition) is 3. The zero-order valence-corrected chi connectivity index (χ0v) is 12.7. The van der Waals surface area contributed by atoms with Crippen LogP contribution in [0.1, 0.15) is 38.3 Å². The van der Waals surface area contributed by atoms with E-state index in [1.165, 1.54) is 19.3 Å². The molecular weight excluding hydrogens is 274 g/mol. The second-order valence-electron chi connectivity index (χ2n) is 6.06. The first-order chi connectivity index (χ1) is 9.53. The van der Waals surface area contributed by atoms with Crippen molar-refractivity contribution in [2.24, 2.45) is 17.6 Å². The summed E-state index contributed by atoms with van der Waals surface area (Å²) in [6, 6.07) is 1.82. The Bertz CT molecular complexity index is 572. The van der Waals surface area contributed by atoms with E-state index >= 15 is 0 Å². The number of nitrogens with one attached hydrogen (secondary N) is 1. The highest BCUT2D eigenvalue weighted by atomic mass is 32.2. The highest BCUT2D eigenvalue weighted by molar-refractivity contribution is 7.89. The molecule has 0 amide bonds. The molecular formula is C14H23N3O2S. The molecule has 0 radical (unpaired) electrons. The van der Waals surface area contributed by atoms with Gasteiger partial charge in [-0.15, -0.1) is 0 Å². The lowest BCUT2D eigenvalue weighted by atomic mass is 9.96. The Kier molecular flexibility index (Phi) is 3.64. The minimum atomic E-state index is -3.41. The average molecular weight is 297 g/mol. The zero-order chi connectivity index (χ0) is 14.3. The highest BCUT2D eigenvalue weighted by Crippen LogP contribution is 2.44. The van der Waals surface area contributed by atoms with Crippen molar-refractivity contribution < 1.29 is 8.42 Å². The van der Waals surface area contributed by atoms with Crippen molar-refractivity contribution in [2.75, 3.05) is 0 Å². The van der Waals surface area contributed by atoms with Crippen LogP contribution in [0.2, 0.25) is 0 Å². The molecule has 0 saturated heterocycles. The number of aromatic nitrogens is 1. The van der Waals surface area contributed by atoms with Gasteiger partial charge in [-0.1, -0.05) is 6.42 Å². The Morgan fingerprint density at radius 1 is 1.40 bits per heavy atom. The summed E-state index contributed by atoms with van der Waals surface area (Å²) in [7, 11) is -3.41. The van der Waals surface area contributed by atoms with Crippen LogP contribution in [0.15, 0.2) is 17.2 Å². The van der Waals surface area contributed by atoms with E-state index in [0.717, 1.165) is 24.6 Å². The van der Waals surface area contributed by atoms with Crippen LogP contribution >= 0.6 is 0 Å². The molecule has 0 aliphatic heterocycles. The van der Waals surface area contributed by atoms with Gasteiger partial charge in [-0.3, -0.25) is 0 Å². The van der Waals surface area contributed by atoms with Crippen LogP contribution in [0.4, 0.5) is 0 Å². The van der Waals surface area contributed by atoms with Crippen LogP contribution in [0, 0.1) is 11.8 Å². The molecule has 6 heteroatoms. The number of rotatable bonds is 5. The minimum Gasteiger partial charge on any atom is -0.349 e. The number of fused-ring (bicyclic) bond motifs is 2. The van der Waals surface area contributed by atoms with E-state index in [-0.39, 0.29) is 6.04 Å². The van der Waals surface area contributed by atoms with Crippen molar-refractivity contribution >= 4 is 10.0 Å². The van der Waals surface area contributed by atoms with Crippen molar-refractivity contribution in [3.63, 3.8) is 0 Å². The lowest BCUT2D eigenvalue weighted by Gasteiger charge is -2.22. The Morgan fingerprint density at radius 2 is 2.20 bits per heavy atom. The van der Waals surface area contributed by atoms with Crippen LogP contribution in [0.3, 0.4) is 0 Å². The van der Waals surface area contributed by atoms with Gasteiger partial charge in [-0.25, -0.2) is 13.1 Å². The Hall–Kier alpha value is -0.850. The summed E-state index contributed by atoms with van der Waals surface area (Å²) in [5, 5.41) is 0. The van der Waals surface area contributed by atoms with Gasteiger partial charge in [0.2, 0.25) is 10.0 Å². The molecule has 0 aromatic carbocycles. The van der Waals surface area contributed by atoms with Crippen molar-refractivity contribution in [3.05, 3.63) is 18.0 Å². The number of aryl methyl sites for hydroxylation is 1. The monoisotopic (exact) mass is 297 g/mol. The molecule has 1 aromatic heterocycles. The number of nitrogens with zero attached hydrogens (tertiary/aromatic N) is 1. The summed E-state index contributed by atoms with van der Waals surface area (Å²) < 4.78 is 29.8. The molecule has 2 saturated carbocycles. The van der Waals surface area contributed by atoms with Crippen LogP contribution in [-0.4, -0.2) is 19.0 Å². The van der Waals surface area contributed by atoms with Gasteiger partial charge in [-0.05, 0) is 44.1 Å². The molecule has 112 valence electrons. The molecule has 1 aromatic rings. The Labute approximate surface area is 120 Å². The second kappa shape index (κ2) is 5.16. The lowest BCUT2D eigenvalue weighted by Crippen LogP contribution is -2.38. The molecule has 3 unspecified atom stereocenters. The van der Waals surface area contributed by atoms with E-state index in [0.29, 0.717) is 17.4 Å². The summed E-state index contributed by atoms with van der Waals surface area (Å²) in [5.41, 5.74) is 6.52. The first-order valence-corrected chi connectivity index (χ1v) is 8.93. The molecule has 1 heterocycles. The molecule has 5 nitrogen and oxygen atoms in total. The standard InChI is InChI=1S/C14H23N3O2S/c1-2-17-9-13(7-12(17)8-15)20(18,19)16-14-6-10-3-4-11(14)5-10/h7,9-11,14,16H,2-6,8,15H2,1H3. The zero-order valence-electron chi connectivity index (χ0n) is 11.9. The predicted octanol–water partition coefficient (Wildman–Crippen LogP) is 1.43. The predicted molar refractivity (Wildman–Crippen MR) is 77.6 cm³/mol. The molecule has 2 bridgehead atoms. The largest absolute Gasteiger partial charge is 0.349 e. The Balaban J connectivity index is 1.79. The third-order valence-electron chi connectivity index (χ3n) is 4.87. The third-order valence-corrected chi connectivity index (χ3v) is 6.32. The van der Waals surface area contributed by atoms with E-state index in [9.17, 15) is 8.42 Å². The summed E-state index contributed by atoms with van der Waals surface area (Å²) in [4.78, 5) is 0.350. The van der Waals surface area contributed by atoms with Gasteiger partial charge in [0.05, 0.1) is 4.90 Å². The van der Waals surface area contributed by atoms with Crippen molar-refractivity contribution in [1.82, 2.24) is 9.29 Å². The van der Waals surface area contributed by atoms with Crippen LogP contribution < -0.4 is 10.5 Å². The molecule has 3 N–H and O–H groups in total. The lowest BCUT2D eigenvalue weighted by molar-refractivity contribution is 0.390. The third kappa shape index (κ3) is 2.40. The van der Waals surface area contributed by atoms with E-state index < -0.39 is 10.0 Å². The van der Waals surface area contributed by atoms with Crippen molar-refractivity contribution in [2.45, 2.75) is 56.6 Å². The molecule has 3 rings (SSSR count). The van der Waals surface area contributed by atoms with Crippen molar-refractivity contribution in [1.29, 1.82) is 0 Å². The van der Waals surface area contributed by atoms with Gasteiger partial charge in [-0.2, -0.15) is 0 Å². The maximum absolute atomic E-state index is 12.5. The first kappa shape index (κ1) is 14.1. The molecule has 2 fully saturated rings. The van der Waals surface area contributed by atoms with Gasteiger partial charge in [0, 0.05) is 31.0 Å². The average Bonchev–Trinajstić information content (AvgIpc) is 3.12. The SMILES string of the molecule is CCn1cc(S(=O)(=O)NC2CC3CCC2C3)cc1CN. The fourth-order valence-corrected chi connectivity index (χ4v) is 5.18. The number of hydrogen-bond donors (Lipinski definition) is 2. The van der Waals surface area contributed by atoms with E-state index in [2.05, 4.69) is 4.72 Å². The molecule has 20 heavy (non-hydrogen) atoms. The van der Waals surface area contributed by atoms with E-state index in [1.807, 2.05) is 11.5 Å². The molecule has 3 atom stereocenters. The van der Waals surface area contributed by atoms with Crippen LogP contribution in [0.5, 0.6) is 0 Å². The molecule has 2 aliphatic rings. The maximum atomic E-state index is 12.5. The van der Waals surface area contributed by atoms with Gasteiger partial charge >= 0.3 is 0 Å². The quantitative estimate of drug-likeness (QED) is 0.863. The van der Waals surface area contributed by atoms with Crippen molar-refractivity contribution in [3.8, 4) is 0 Å². The maximum Gasteiger partial charge on any atom is 0.242 e. The second-order valence-corrected chi connectivity index (χ2v) is 7.77. The minimum absolute atomic E-state index is 0.130. The van der Waals surface area contributed by atoms with Gasteiger partial charge in [0.15, 0.2) is 0 Å². The van der Waals surface area contributed by atoms with Gasteiger partial charge in [0.1, 0.15) is 0 Å². The fraction of sp³-hybridized carbons (Fsp3) is 0.714. The summed E-state index contributed by atoms with van der Waals surface area (Å²) >= 11 is 0. The smallest absolute Gasteiger partial charge is 0.242 e. The highest BCUT2D eigenvalue weighted by Gasteiger charge is 2.41. The Morgan fingerprint density at radius 3 is 2.70 bits per heavy atom. The molecule has 0 spiro atoms. The van der Waals surface area contributed by atoms with E-state index in [1.54, 1.807) is 12.3 Å². The summed E-state index contributed by atoms with van der Waals surface area (Å²) in [6.45, 7) is 3.08. The normalized spacial score (nSPS) is 29.2. The number of nitrogens with two attached hydrogens (primary N) is 1.